The van der Waals surface area contributed by atoms with E-state index in [-0.39, 0.29) is 11.3 Å². The lowest BCUT2D eigenvalue weighted by atomic mass is 10.1. The van der Waals surface area contributed by atoms with Crippen LogP contribution in [0.15, 0.2) is 47.6 Å². The molecule has 1 aromatic heterocycles. The molecule has 2 rings (SSSR count). The smallest absolute Gasteiger partial charge is 0.335 e. The molecule has 0 aliphatic rings. The zero-order chi connectivity index (χ0) is 15.2. The second-order valence-corrected chi connectivity index (χ2v) is 5.33. The molecule has 1 aromatic carbocycles. The number of nitro benzene ring substituents is 1. The molecule has 6 nitrogen and oxygen atoms in total. The van der Waals surface area contributed by atoms with Gasteiger partial charge in [-0.25, -0.2) is 9.78 Å². The number of carboxylic acid groups (broad SMARTS) is 1. The van der Waals surface area contributed by atoms with Crippen molar-refractivity contribution in [1.82, 2.24) is 4.98 Å². The van der Waals surface area contributed by atoms with Crippen molar-refractivity contribution >= 4 is 23.4 Å². The zero-order valence-corrected chi connectivity index (χ0v) is 11.7. The highest BCUT2D eigenvalue weighted by atomic mass is 32.2. The lowest BCUT2D eigenvalue weighted by molar-refractivity contribution is -0.384. The van der Waals surface area contributed by atoms with E-state index >= 15 is 0 Å². The summed E-state index contributed by atoms with van der Waals surface area (Å²) in [4.78, 5) is 25.1. The Hall–Kier alpha value is -2.41. The molecule has 0 radical (unpaired) electrons. The number of carboxylic acids is 1. The fraction of sp³-hybridized carbons (Fsp3) is 0.143. The Morgan fingerprint density at radius 2 is 2.00 bits per heavy atom. The first-order chi connectivity index (χ1) is 10.1. The van der Waals surface area contributed by atoms with Gasteiger partial charge in [-0.2, -0.15) is 0 Å². The third-order valence-electron chi connectivity index (χ3n) is 2.77. The van der Waals surface area contributed by atoms with Gasteiger partial charge in [-0.05, 0) is 24.1 Å². The van der Waals surface area contributed by atoms with Crippen LogP contribution < -0.4 is 0 Å². The second-order valence-electron chi connectivity index (χ2n) is 4.21. The normalized spacial score (nSPS) is 10.3. The van der Waals surface area contributed by atoms with Crippen LogP contribution in [0.5, 0.6) is 0 Å². The van der Waals surface area contributed by atoms with Crippen molar-refractivity contribution in [2.24, 2.45) is 0 Å². The maximum Gasteiger partial charge on any atom is 0.335 e. The first-order valence-electron chi connectivity index (χ1n) is 6.12. The van der Waals surface area contributed by atoms with Crippen molar-refractivity contribution in [3.63, 3.8) is 0 Å². The molecule has 1 heterocycles. The SMILES string of the molecule is O=C(O)c1ccnc(SCCc2ccc([N+](=O)[O-])cc2)c1. The van der Waals surface area contributed by atoms with Crippen LogP contribution >= 0.6 is 11.8 Å². The molecule has 108 valence electrons. The number of nitrogens with zero attached hydrogens (tertiary/aromatic N) is 2. The van der Waals surface area contributed by atoms with Gasteiger partial charge >= 0.3 is 5.97 Å². The van der Waals surface area contributed by atoms with Crippen molar-refractivity contribution in [1.29, 1.82) is 0 Å². The van der Waals surface area contributed by atoms with E-state index in [9.17, 15) is 14.9 Å². The summed E-state index contributed by atoms with van der Waals surface area (Å²) < 4.78 is 0. The number of aryl methyl sites for hydroxylation is 1. The average Bonchev–Trinajstić information content (AvgIpc) is 2.48. The molecule has 0 aliphatic carbocycles. The van der Waals surface area contributed by atoms with E-state index in [1.165, 1.54) is 42.2 Å². The Bertz CT molecular complexity index is 658. The number of thioether (sulfide) groups is 1. The van der Waals surface area contributed by atoms with E-state index in [1.54, 1.807) is 12.1 Å². The Kier molecular flexibility index (Phi) is 4.89. The number of aromatic nitrogens is 1. The van der Waals surface area contributed by atoms with Gasteiger partial charge in [0, 0.05) is 24.1 Å². The minimum atomic E-state index is -0.977. The predicted molar refractivity (Wildman–Crippen MR) is 78.7 cm³/mol. The van der Waals surface area contributed by atoms with Crippen LogP contribution in [-0.4, -0.2) is 26.7 Å². The summed E-state index contributed by atoms with van der Waals surface area (Å²) in [7, 11) is 0. The van der Waals surface area contributed by atoms with Crippen LogP contribution in [0.2, 0.25) is 0 Å². The highest BCUT2D eigenvalue weighted by Crippen LogP contribution is 2.19. The summed E-state index contributed by atoms with van der Waals surface area (Å²) in [6, 6.07) is 9.37. The van der Waals surface area contributed by atoms with Crippen LogP contribution in [0.1, 0.15) is 15.9 Å². The monoisotopic (exact) mass is 304 g/mol. The summed E-state index contributed by atoms with van der Waals surface area (Å²) >= 11 is 1.45. The number of non-ortho nitro benzene ring substituents is 1. The molecular weight excluding hydrogens is 292 g/mol. The zero-order valence-electron chi connectivity index (χ0n) is 10.9. The molecule has 0 saturated carbocycles. The van der Waals surface area contributed by atoms with Crippen molar-refractivity contribution in [3.8, 4) is 0 Å². The van der Waals surface area contributed by atoms with E-state index in [4.69, 9.17) is 5.11 Å². The maximum atomic E-state index is 10.8. The van der Waals surface area contributed by atoms with E-state index in [1.807, 2.05) is 0 Å². The number of benzene rings is 1. The lowest BCUT2D eigenvalue weighted by Gasteiger charge is -2.02. The van der Waals surface area contributed by atoms with Gasteiger partial charge in [0.15, 0.2) is 0 Å². The molecule has 0 fully saturated rings. The van der Waals surface area contributed by atoms with E-state index in [0.29, 0.717) is 10.8 Å². The summed E-state index contributed by atoms with van der Waals surface area (Å²) in [6.07, 6.45) is 2.19. The van der Waals surface area contributed by atoms with Gasteiger partial charge in [0.1, 0.15) is 0 Å². The molecule has 1 N–H and O–H groups in total. The third-order valence-corrected chi connectivity index (χ3v) is 3.70. The first-order valence-corrected chi connectivity index (χ1v) is 7.10. The van der Waals surface area contributed by atoms with Crippen LogP contribution in [0, 0.1) is 10.1 Å². The largest absolute Gasteiger partial charge is 0.478 e. The topological polar surface area (TPSA) is 93.3 Å². The van der Waals surface area contributed by atoms with Gasteiger partial charge in [0.25, 0.3) is 5.69 Å². The van der Waals surface area contributed by atoms with Crippen molar-refractivity contribution in [3.05, 3.63) is 63.8 Å². The molecular formula is C14H12N2O4S. The lowest BCUT2D eigenvalue weighted by Crippen LogP contribution is -1.97. The van der Waals surface area contributed by atoms with Gasteiger partial charge in [0.2, 0.25) is 0 Å². The second kappa shape index (κ2) is 6.85. The van der Waals surface area contributed by atoms with E-state index in [0.717, 1.165) is 12.0 Å². The van der Waals surface area contributed by atoms with Gasteiger partial charge in [0.05, 0.1) is 15.5 Å². The third kappa shape index (κ3) is 4.28. The van der Waals surface area contributed by atoms with E-state index in [2.05, 4.69) is 4.98 Å². The first kappa shape index (κ1) is 15.0. The number of pyridine rings is 1. The molecule has 0 aliphatic heterocycles. The Morgan fingerprint density at radius 3 is 2.62 bits per heavy atom. The van der Waals surface area contributed by atoms with Crippen LogP contribution in [0.25, 0.3) is 0 Å². The Balaban J connectivity index is 1.90. The van der Waals surface area contributed by atoms with Gasteiger partial charge < -0.3 is 5.11 Å². The number of aromatic carboxylic acids is 1. The van der Waals surface area contributed by atoms with Gasteiger partial charge in [-0.3, -0.25) is 10.1 Å². The quantitative estimate of drug-likeness (QED) is 0.501. The molecule has 7 heteroatoms. The minimum absolute atomic E-state index is 0.0715. The fourth-order valence-corrected chi connectivity index (χ4v) is 2.57. The highest BCUT2D eigenvalue weighted by molar-refractivity contribution is 7.99. The molecule has 21 heavy (non-hydrogen) atoms. The summed E-state index contributed by atoms with van der Waals surface area (Å²) in [5.74, 6) is -0.261. The molecule has 0 atom stereocenters. The van der Waals surface area contributed by atoms with Crippen LogP contribution in [-0.2, 0) is 6.42 Å². The predicted octanol–water partition coefficient (Wildman–Crippen LogP) is 3.02. The molecule has 0 saturated heterocycles. The summed E-state index contributed by atoms with van der Waals surface area (Å²) in [5.41, 5.74) is 1.27. The van der Waals surface area contributed by atoms with Crippen LogP contribution in [0.4, 0.5) is 5.69 Å². The Labute approximate surface area is 125 Å². The van der Waals surface area contributed by atoms with E-state index < -0.39 is 10.9 Å². The van der Waals surface area contributed by atoms with Crippen molar-refractivity contribution in [2.45, 2.75) is 11.4 Å². The molecule has 0 bridgehead atoms. The Morgan fingerprint density at radius 1 is 1.29 bits per heavy atom. The summed E-state index contributed by atoms with van der Waals surface area (Å²) in [5, 5.41) is 20.1. The number of hydrogen-bond donors (Lipinski definition) is 1. The van der Waals surface area contributed by atoms with Crippen LogP contribution in [0.3, 0.4) is 0 Å². The number of hydrogen-bond acceptors (Lipinski definition) is 5. The molecule has 0 amide bonds. The van der Waals surface area contributed by atoms with Crippen molar-refractivity contribution < 1.29 is 14.8 Å². The average molecular weight is 304 g/mol. The molecule has 2 aromatic rings. The van der Waals surface area contributed by atoms with Gasteiger partial charge in [-0.1, -0.05) is 12.1 Å². The number of nitro groups is 1. The summed E-state index contributed by atoms with van der Waals surface area (Å²) in [6.45, 7) is 0. The van der Waals surface area contributed by atoms with Crippen molar-refractivity contribution in [2.75, 3.05) is 5.75 Å². The number of carbonyl (C=O) groups is 1. The molecule has 0 spiro atoms. The maximum absolute atomic E-state index is 10.8. The molecule has 0 unspecified atom stereocenters. The fourth-order valence-electron chi connectivity index (χ4n) is 1.68. The highest BCUT2D eigenvalue weighted by Gasteiger charge is 2.06. The number of rotatable bonds is 6. The minimum Gasteiger partial charge on any atom is -0.478 e. The standard InChI is InChI=1S/C14H12N2O4S/c17-14(18)11-5-7-15-13(9-11)21-8-6-10-1-3-12(4-2-10)16(19)20/h1-5,7,9H,6,8H2,(H,17,18). The van der Waals surface area contributed by atoms with Gasteiger partial charge in [-0.15, -0.1) is 11.8 Å².